The van der Waals surface area contributed by atoms with E-state index in [1.54, 1.807) is 24.3 Å². The van der Waals surface area contributed by atoms with Gasteiger partial charge in [-0.1, -0.05) is 66.7 Å². The van der Waals surface area contributed by atoms with Gasteiger partial charge >= 0.3 is 0 Å². The lowest BCUT2D eigenvalue weighted by Gasteiger charge is -2.12. The van der Waals surface area contributed by atoms with E-state index in [-0.39, 0.29) is 13.1 Å². The molecule has 0 bridgehead atoms. The van der Waals surface area contributed by atoms with Crippen LogP contribution in [0, 0.1) is 11.6 Å². The molecule has 0 aliphatic heterocycles. The third kappa shape index (κ3) is 4.88. The number of rotatable bonds is 5. The lowest BCUT2D eigenvalue weighted by molar-refractivity contribution is 0.627. The Labute approximate surface area is 299 Å². The summed E-state index contributed by atoms with van der Waals surface area (Å²) in [6.45, 7) is 0. The highest BCUT2D eigenvalue weighted by atomic mass is 19.1. The van der Waals surface area contributed by atoms with Crippen LogP contribution in [-0.4, -0.2) is 19.1 Å². The Morgan fingerprint density at radius 2 is 0.788 bits per heavy atom. The summed E-state index contributed by atoms with van der Waals surface area (Å²) in [7, 11) is 0. The van der Waals surface area contributed by atoms with Crippen LogP contribution in [0.4, 0.5) is 8.78 Å². The van der Waals surface area contributed by atoms with Crippen molar-refractivity contribution in [1.82, 2.24) is 19.1 Å². The minimum Gasteiger partial charge on any atom is -0.309 e. The van der Waals surface area contributed by atoms with Crippen LogP contribution in [-0.2, 0) is 0 Å². The fraction of sp³-hybridized carbons (Fsp3) is 0. The lowest BCUT2D eigenvalue weighted by Crippen LogP contribution is -2.04. The van der Waals surface area contributed by atoms with Crippen LogP contribution < -0.4 is 0 Å². The van der Waals surface area contributed by atoms with E-state index in [9.17, 15) is 8.78 Å². The molecule has 0 fully saturated rings. The molecule has 0 atom stereocenters. The number of benzene rings is 7. The molecule has 0 aliphatic rings. The first-order valence-electron chi connectivity index (χ1n) is 17.1. The lowest BCUT2D eigenvalue weighted by atomic mass is 10.0. The molecule has 0 radical (unpaired) electrons. The summed E-state index contributed by atoms with van der Waals surface area (Å²) in [6, 6.07) is 54.9. The smallest absolute Gasteiger partial charge is 0.235 e. The molecular weight excluding hydrogens is 647 g/mol. The Morgan fingerprint density at radius 1 is 0.365 bits per heavy atom. The van der Waals surface area contributed by atoms with E-state index in [1.165, 1.54) is 40.6 Å². The minimum atomic E-state index is -0.323. The minimum absolute atomic E-state index is 0. The molecule has 0 N–H and O–H groups in total. The Kier molecular flexibility index (Phi) is 6.83. The summed E-state index contributed by atoms with van der Waals surface area (Å²) in [6.07, 6.45) is 0. The van der Waals surface area contributed by atoms with Crippen molar-refractivity contribution in [2.75, 3.05) is 0 Å². The third-order valence-electron chi connectivity index (χ3n) is 9.89. The SMILES string of the molecule is Fc1ccc(-c2cc(-c3ccc(F)cc3)nc(-n3c4ccccc4c4cc(-c5ccc6c(c5)c5ccccc5n6-c5ccccc5)ccc43)n2)cc1.[HH]. The molecule has 248 valence electrons. The van der Waals surface area contributed by atoms with Crippen LogP contribution in [0.25, 0.3) is 88.9 Å². The van der Waals surface area contributed by atoms with Gasteiger partial charge in [0.1, 0.15) is 11.6 Å². The van der Waals surface area contributed by atoms with Gasteiger partial charge in [-0.15, -0.1) is 0 Å². The van der Waals surface area contributed by atoms with Gasteiger partial charge < -0.3 is 4.57 Å². The van der Waals surface area contributed by atoms with Gasteiger partial charge in [0.2, 0.25) is 5.95 Å². The Balaban J connectivity index is 0.00000372. The zero-order valence-corrected chi connectivity index (χ0v) is 27.7. The topological polar surface area (TPSA) is 35.6 Å². The number of halogens is 2. The number of hydrogen-bond acceptors (Lipinski definition) is 2. The number of fused-ring (bicyclic) bond motifs is 6. The molecule has 10 rings (SSSR count). The molecule has 0 amide bonds. The molecule has 6 heteroatoms. The zero-order chi connectivity index (χ0) is 34.8. The average molecular weight is 677 g/mol. The quantitative estimate of drug-likeness (QED) is 0.182. The van der Waals surface area contributed by atoms with E-state index in [0.717, 1.165) is 55.3 Å². The van der Waals surface area contributed by atoms with Crippen molar-refractivity contribution in [3.63, 3.8) is 0 Å². The van der Waals surface area contributed by atoms with Crippen molar-refractivity contribution in [2.24, 2.45) is 0 Å². The highest BCUT2D eigenvalue weighted by Crippen LogP contribution is 2.38. The monoisotopic (exact) mass is 676 g/mol. The zero-order valence-electron chi connectivity index (χ0n) is 27.7. The van der Waals surface area contributed by atoms with Gasteiger partial charge in [-0.3, -0.25) is 4.57 Å². The Morgan fingerprint density at radius 3 is 1.33 bits per heavy atom. The molecule has 0 spiro atoms. The second-order valence-electron chi connectivity index (χ2n) is 13.0. The highest BCUT2D eigenvalue weighted by Gasteiger charge is 2.19. The van der Waals surface area contributed by atoms with E-state index < -0.39 is 0 Å². The third-order valence-corrected chi connectivity index (χ3v) is 9.89. The molecule has 0 saturated carbocycles. The summed E-state index contributed by atoms with van der Waals surface area (Å²) in [5.41, 5.74) is 10.4. The fourth-order valence-electron chi connectivity index (χ4n) is 7.45. The summed E-state index contributed by atoms with van der Waals surface area (Å²) in [5, 5.41) is 4.54. The second kappa shape index (κ2) is 11.9. The van der Waals surface area contributed by atoms with E-state index in [1.807, 2.05) is 24.3 Å². The molecule has 0 unspecified atom stereocenters. The van der Waals surface area contributed by atoms with Crippen LogP contribution >= 0.6 is 0 Å². The van der Waals surface area contributed by atoms with E-state index in [4.69, 9.17) is 9.97 Å². The van der Waals surface area contributed by atoms with Gasteiger partial charge in [-0.05, 0) is 114 Å². The predicted octanol–water partition coefficient (Wildman–Crippen LogP) is 12.2. The molecule has 7 aromatic carbocycles. The van der Waals surface area contributed by atoms with E-state index in [2.05, 4.69) is 106 Å². The van der Waals surface area contributed by atoms with Crippen molar-refractivity contribution < 1.29 is 10.2 Å². The molecular formula is C46H30F2N4. The normalized spacial score (nSPS) is 11.7. The van der Waals surface area contributed by atoms with Gasteiger partial charge in [-0.2, -0.15) is 0 Å². The largest absolute Gasteiger partial charge is 0.309 e. The van der Waals surface area contributed by atoms with Crippen LogP contribution in [0.1, 0.15) is 1.43 Å². The number of nitrogens with zero attached hydrogens (tertiary/aromatic N) is 4. The first-order valence-corrected chi connectivity index (χ1v) is 17.1. The van der Waals surface area contributed by atoms with Crippen molar-refractivity contribution in [1.29, 1.82) is 0 Å². The maximum atomic E-state index is 13.9. The number of para-hydroxylation sites is 3. The summed E-state index contributed by atoms with van der Waals surface area (Å²) >= 11 is 0. The molecule has 0 aliphatic carbocycles. The van der Waals surface area contributed by atoms with Crippen LogP contribution in [0.5, 0.6) is 0 Å². The fourth-order valence-corrected chi connectivity index (χ4v) is 7.45. The van der Waals surface area contributed by atoms with Gasteiger partial charge in [0.25, 0.3) is 0 Å². The van der Waals surface area contributed by atoms with E-state index >= 15 is 0 Å². The average Bonchev–Trinajstić information content (AvgIpc) is 3.71. The predicted molar refractivity (Wildman–Crippen MR) is 209 cm³/mol. The van der Waals surface area contributed by atoms with Gasteiger partial charge in [0, 0.05) is 39.8 Å². The van der Waals surface area contributed by atoms with Crippen LogP contribution in [0.2, 0.25) is 0 Å². The maximum Gasteiger partial charge on any atom is 0.235 e. The van der Waals surface area contributed by atoms with Crippen molar-refractivity contribution in [3.05, 3.63) is 181 Å². The molecule has 10 aromatic rings. The molecule has 3 aromatic heterocycles. The number of hydrogen-bond donors (Lipinski definition) is 0. The first kappa shape index (κ1) is 29.9. The summed E-state index contributed by atoms with van der Waals surface area (Å²) in [5.74, 6) is -0.178. The standard InChI is InChI=1S/C46H28F2N4.H2/c47-33-20-14-29(15-21-33)40-28-41(30-16-22-34(48)23-17-30)50-46(49-40)52-43-13-7-5-11-37(43)39-27-32(19-25-45(39)52)31-18-24-44-38(26-31)36-10-4-6-12-42(36)51(44)35-8-2-1-3-9-35;/h1-28H;1H. The maximum absolute atomic E-state index is 13.9. The summed E-state index contributed by atoms with van der Waals surface area (Å²) in [4.78, 5) is 10.1. The Hall–Kier alpha value is -6.92. The molecule has 0 saturated heterocycles. The van der Waals surface area contributed by atoms with Gasteiger partial charge in [0.05, 0.1) is 33.5 Å². The Bertz CT molecular complexity index is 2900. The summed E-state index contributed by atoms with van der Waals surface area (Å²) < 4.78 is 32.3. The second-order valence-corrected chi connectivity index (χ2v) is 13.0. The van der Waals surface area contributed by atoms with Crippen molar-refractivity contribution in [2.45, 2.75) is 0 Å². The van der Waals surface area contributed by atoms with Crippen LogP contribution in [0.3, 0.4) is 0 Å². The van der Waals surface area contributed by atoms with Crippen molar-refractivity contribution in [3.8, 4) is 45.3 Å². The first-order chi connectivity index (χ1) is 25.6. The van der Waals surface area contributed by atoms with Gasteiger partial charge in [-0.25, -0.2) is 18.7 Å². The van der Waals surface area contributed by atoms with Crippen molar-refractivity contribution >= 4 is 43.6 Å². The van der Waals surface area contributed by atoms with Gasteiger partial charge in [0.15, 0.2) is 0 Å². The molecule has 52 heavy (non-hydrogen) atoms. The molecule has 4 nitrogen and oxygen atoms in total. The molecule has 3 heterocycles. The highest BCUT2D eigenvalue weighted by molar-refractivity contribution is 6.12. The van der Waals surface area contributed by atoms with Crippen LogP contribution in [0.15, 0.2) is 170 Å². The number of aromatic nitrogens is 4. The van der Waals surface area contributed by atoms with E-state index in [0.29, 0.717) is 17.3 Å².